The molecule has 0 bridgehead atoms. The summed E-state index contributed by atoms with van der Waals surface area (Å²) in [4.78, 5) is 4.11. The maximum atomic E-state index is 5.49. The van der Waals surface area contributed by atoms with Crippen molar-refractivity contribution in [1.82, 2.24) is 20.6 Å². The molecule has 0 aromatic carbocycles. The van der Waals surface area contributed by atoms with Gasteiger partial charge in [0, 0.05) is 0 Å². The molecule has 0 aliphatic rings. The van der Waals surface area contributed by atoms with Gasteiger partial charge in [-0.3, -0.25) is 10.9 Å². The summed E-state index contributed by atoms with van der Waals surface area (Å²) >= 11 is 0. The van der Waals surface area contributed by atoms with Crippen LogP contribution in [0.3, 0.4) is 0 Å². The molecule has 5 nitrogen and oxygen atoms in total. The smallest absolute Gasteiger partial charge is 0.142 e. The lowest BCUT2D eigenvalue weighted by Crippen LogP contribution is -2.28. The van der Waals surface area contributed by atoms with Crippen molar-refractivity contribution in [2.45, 2.75) is 57.9 Å². The van der Waals surface area contributed by atoms with Gasteiger partial charge in [0.1, 0.15) is 12.2 Å². The average Bonchev–Trinajstić information content (AvgIpc) is 2.82. The third kappa shape index (κ3) is 4.72. The molecule has 0 aliphatic carbocycles. The van der Waals surface area contributed by atoms with E-state index in [4.69, 9.17) is 5.84 Å². The highest BCUT2D eigenvalue weighted by Crippen LogP contribution is 2.15. The van der Waals surface area contributed by atoms with Gasteiger partial charge in [0.2, 0.25) is 0 Å². The highest BCUT2D eigenvalue weighted by Gasteiger charge is 2.11. The highest BCUT2D eigenvalue weighted by molar-refractivity contribution is 4.89. The number of nitrogens with zero attached hydrogens (tertiary/aromatic N) is 2. The molecule has 0 spiro atoms. The van der Waals surface area contributed by atoms with E-state index >= 15 is 0 Å². The van der Waals surface area contributed by atoms with Crippen LogP contribution in [0.1, 0.15) is 63.7 Å². The van der Waals surface area contributed by atoms with Crippen LogP contribution in [-0.2, 0) is 0 Å². The fourth-order valence-corrected chi connectivity index (χ4v) is 1.81. The van der Waals surface area contributed by atoms with E-state index in [-0.39, 0.29) is 6.04 Å². The van der Waals surface area contributed by atoms with Crippen molar-refractivity contribution in [3.63, 3.8) is 0 Å². The lowest BCUT2D eigenvalue weighted by molar-refractivity contribution is 0.459. The molecule has 0 fully saturated rings. The van der Waals surface area contributed by atoms with Crippen molar-refractivity contribution in [2.24, 2.45) is 5.84 Å². The Morgan fingerprint density at radius 3 is 2.69 bits per heavy atom. The quantitative estimate of drug-likeness (QED) is 0.341. The fraction of sp³-hybridized carbons (Fsp3) is 0.818. The zero-order valence-electron chi connectivity index (χ0n) is 10.1. The zero-order chi connectivity index (χ0) is 11.6. The molecular weight excluding hydrogens is 202 g/mol. The number of rotatable bonds is 9. The van der Waals surface area contributed by atoms with Crippen molar-refractivity contribution in [1.29, 1.82) is 0 Å². The molecule has 1 aromatic heterocycles. The standard InChI is InChI=1S/C11H23N5/c1-2-3-4-5-6-7-8-10(15-12)11-13-9-14-16-11/h9-10,15H,2-8,12H2,1H3,(H,13,14,16). The van der Waals surface area contributed by atoms with E-state index in [1.165, 1.54) is 44.9 Å². The maximum Gasteiger partial charge on any atom is 0.142 e. The van der Waals surface area contributed by atoms with Gasteiger partial charge in [0.15, 0.2) is 0 Å². The second kappa shape index (κ2) is 8.24. The van der Waals surface area contributed by atoms with Crippen molar-refractivity contribution >= 4 is 0 Å². The minimum absolute atomic E-state index is 0.105. The van der Waals surface area contributed by atoms with E-state index in [0.717, 1.165) is 12.2 Å². The third-order valence-electron chi connectivity index (χ3n) is 2.81. The summed E-state index contributed by atoms with van der Waals surface area (Å²) in [7, 11) is 0. The first-order valence-electron chi connectivity index (χ1n) is 6.19. The number of aromatic nitrogens is 3. The molecule has 0 aliphatic heterocycles. The van der Waals surface area contributed by atoms with E-state index < -0.39 is 0 Å². The molecule has 1 unspecified atom stereocenters. The van der Waals surface area contributed by atoms with Crippen LogP contribution in [0, 0.1) is 0 Å². The van der Waals surface area contributed by atoms with Gasteiger partial charge < -0.3 is 0 Å². The molecule has 0 saturated carbocycles. The number of H-pyrrole nitrogens is 1. The molecule has 4 N–H and O–H groups in total. The van der Waals surface area contributed by atoms with Crippen LogP contribution in [0.4, 0.5) is 0 Å². The molecule has 1 atom stereocenters. The SMILES string of the molecule is CCCCCCCCC(NN)c1ncn[nH]1. The van der Waals surface area contributed by atoms with Crippen LogP contribution in [0.15, 0.2) is 6.33 Å². The predicted octanol–water partition coefficient (Wildman–Crippen LogP) is 2.06. The third-order valence-corrected chi connectivity index (χ3v) is 2.81. The first-order valence-corrected chi connectivity index (χ1v) is 6.19. The van der Waals surface area contributed by atoms with E-state index in [1.54, 1.807) is 0 Å². The average molecular weight is 225 g/mol. The Morgan fingerprint density at radius 2 is 2.06 bits per heavy atom. The molecule has 1 rings (SSSR count). The first kappa shape index (κ1) is 13.1. The van der Waals surface area contributed by atoms with Crippen LogP contribution in [0.5, 0.6) is 0 Å². The van der Waals surface area contributed by atoms with Gasteiger partial charge >= 0.3 is 0 Å². The molecule has 1 aromatic rings. The molecule has 0 saturated heterocycles. The van der Waals surface area contributed by atoms with E-state index in [9.17, 15) is 0 Å². The van der Waals surface area contributed by atoms with Gasteiger partial charge in [-0.15, -0.1) is 0 Å². The molecule has 1 heterocycles. The minimum Gasteiger partial charge on any atom is -0.271 e. The molecule has 0 amide bonds. The summed E-state index contributed by atoms with van der Waals surface area (Å²) in [5, 5.41) is 6.67. The van der Waals surface area contributed by atoms with Crippen molar-refractivity contribution < 1.29 is 0 Å². The first-order chi connectivity index (χ1) is 7.88. The minimum atomic E-state index is 0.105. The number of nitrogens with one attached hydrogen (secondary N) is 2. The summed E-state index contributed by atoms with van der Waals surface area (Å²) in [5.41, 5.74) is 2.77. The normalized spacial score (nSPS) is 12.9. The Balaban J connectivity index is 2.11. The van der Waals surface area contributed by atoms with Gasteiger partial charge in [-0.25, -0.2) is 10.4 Å². The Labute approximate surface area is 97.2 Å². The maximum absolute atomic E-state index is 5.49. The number of hydrogen-bond donors (Lipinski definition) is 3. The van der Waals surface area contributed by atoms with Gasteiger partial charge in [0.25, 0.3) is 0 Å². The van der Waals surface area contributed by atoms with E-state index in [0.29, 0.717) is 0 Å². The lowest BCUT2D eigenvalue weighted by atomic mass is 10.1. The summed E-state index contributed by atoms with van der Waals surface area (Å²) in [6, 6.07) is 0.105. The summed E-state index contributed by atoms with van der Waals surface area (Å²) in [6.45, 7) is 2.23. The van der Waals surface area contributed by atoms with Crippen molar-refractivity contribution in [3.05, 3.63) is 12.2 Å². The highest BCUT2D eigenvalue weighted by atomic mass is 15.3. The lowest BCUT2D eigenvalue weighted by Gasteiger charge is -2.12. The molecular formula is C11H23N5. The number of nitrogens with two attached hydrogens (primary N) is 1. The van der Waals surface area contributed by atoms with E-state index in [2.05, 4.69) is 27.5 Å². The van der Waals surface area contributed by atoms with E-state index in [1.807, 2.05) is 0 Å². The summed E-state index contributed by atoms with van der Waals surface area (Å²) < 4.78 is 0. The molecule has 0 radical (unpaired) electrons. The fourth-order valence-electron chi connectivity index (χ4n) is 1.81. The molecule has 5 heteroatoms. The largest absolute Gasteiger partial charge is 0.271 e. The monoisotopic (exact) mass is 225 g/mol. The second-order valence-electron chi connectivity index (χ2n) is 4.15. The topological polar surface area (TPSA) is 79.6 Å². The van der Waals surface area contributed by atoms with Crippen LogP contribution >= 0.6 is 0 Å². The van der Waals surface area contributed by atoms with Gasteiger partial charge in [-0.1, -0.05) is 45.4 Å². The molecule has 92 valence electrons. The van der Waals surface area contributed by atoms with Crippen molar-refractivity contribution in [3.8, 4) is 0 Å². The van der Waals surface area contributed by atoms with Crippen LogP contribution < -0.4 is 11.3 Å². The van der Waals surface area contributed by atoms with Crippen LogP contribution in [0.2, 0.25) is 0 Å². The Morgan fingerprint density at radius 1 is 1.31 bits per heavy atom. The number of hydrazine groups is 1. The summed E-state index contributed by atoms with van der Waals surface area (Å²) in [5.74, 6) is 6.32. The number of hydrogen-bond acceptors (Lipinski definition) is 4. The van der Waals surface area contributed by atoms with Gasteiger partial charge in [0.05, 0.1) is 6.04 Å². The van der Waals surface area contributed by atoms with Crippen LogP contribution in [0.25, 0.3) is 0 Å². The Hall–Kier alpha value is -0.940. The van der Waals surface area contributed by atoms with Gasteiger partial charge in [-0.05, 0) is 6.42 Å². The van der Waals surface area contributed by atoms with Crippen LogP contribution in [-0.4, -0.2) is 15.2 Å². The number of aromatic amines is 1. The second-order valence-corrected chi connectivity index (χ2v) is 4.15. The molecule has 16 heavy (non-hydrogen) atoms. The Kier molecular flexibility index (Phi) is 6.76. The number of unbranched alkanes of at least 4 members (excludes halogenated alkanes) is 5. The zero-order valence-corrected chi connectivity index (χ0v) is 10.1. The summed E-state index contributed by atoms with van der Waals surface area (Å²) in [6.07, 6.45) is 10.3. The van der Waals surface area contributed by atoms with Crippen molar-refractivity contribution in [2.75, 3.05) is 0 Å². The van der Waals surface area contributed by atoms with Gasteiger partial charge in [-0.2, -0.15) is 5.10 Å². The Bertz CT molecular complexity index is 247. The predicted molar refractivity (Wildman–Crippen MR) is 64.4 cm³/mol.